The number of fused-ring (bicyclic) bond motifs is 1. The van der Waals surface area contributed by atoms with Crippen LogP contribution in [0.15, 0.2) is 18.2 Å². The van der Waals surface area contributed by atoms with Crippen LogP contribution in [-0.4, -0.2) is 30.4 Å². The van der Waals surface area contributed by atoms with Gasteiger partial charge < -0.3 is 5.32 Å². The normalized spacial score (nSPS) is 23.1. The Labute approximate surface area is 140 Å². The van der Waals surface area contributed by atoms with Crippen molar-refractivity contribution in [2.24, 2.45) is 5.92 Å². The van der Waals surface area contributed by atoms with Crippen LogP contribution in [0.2, 0.25) is 0 Å². The van der Waals surface area contributed by atoms with Gasteiger partial charge in [0.05, 0.1) is 12.6 Å². The maximum Gasteiger partial charge on any atom is 0.234 e. The zero-order chi connectivity index (χ0) is 16.2. The quantitative estimate of drug-likeness (QED) is 0.923. The number of nitrogens with one attached hydrogen (secondary N) is 1. The van der Waals surface area contributed by atoms with E-state index in [1.807, 2.05) is 0 Å². The number of likely N-dealkylation sites (tertiary alicyclic amines) is 1. The van der Waals surface area contributed by atoms with Gasteiger partial charge in [0.2, 0.25) is 5.91 Å². The number of nitrogens with zero attached hydrogens (tertiary/aromatic N) is 1. The van der Waals surface area contributed by atoms with Crippen LogP contribution in [0.1, 0.15) is 62.3 Å². The summed E-state index contributed by atoms with van der Waals surface area (Å²) < 4.78 is 0. The van der Waals surface area contributed by atoms with E-state index < -0.39 is 0 Å². The largest absolute Gasteiger partial charge is 0.348 e. The minimum atomic E-state index is 0.0944. The summed E-state index contributed by atoms with van der Waals surface area (Å²) in [7, 11) is 0. The Balaban J connectivity index is 1.55. The molecule has 1 aliphatic carbocycles. The first-order valence-electron chi connectivity index (χ1n) is 9.25. The summed E-state index contributed by atoms with van der Waals surface area (Å²) in [6, 6.07) is 6.86. The second kappa shape index (κ2) is 7.48. The third-order valence-electron chi connectivity index (χ3n) is 5.36. The number of aryl methyl sites for hydroxylation is 2. The second-order valence-corrected chi connectivity index (χ2v) is 7.51. The van der Waals surface area contributed by atoms with E-state index in [2.05, 4.69) is 42.3 Å². The molecule has 1 aromatic carbocycles. The third kappa shape index (κ3) is 4.35. The van der Waals surface area contributed by atoms with E-state index >= 15 is 0 Å². The molecule has 1 fully saturated rings. The van der Waals surface area contributed by atoms with E-state index in [1.54, 1.807) is 0 Å². The smallest absolute Gasteiger partial charge is 0.234 e. The van der Waals surface area contributed by atoms with E-state index in [-0.39, 0.29) is 11.9 Å². The number of rotatable bonds is 4. The number of hydrogen-bond donors (Lipinski definition) is 1. The molecule has 2 aliphatic rings. The van der Waals surface area contributed by atoms with Crippen molar-refractivity contribution in [3.63, 3.8) is 0 Å². The first kappa shape index (κ1) is 16.5. The molecule has 2 atom stereocenters. The highest BCUT2D eigenvalue weighted by Gasteiger charge is 2.20. The predicted octanol–water partition coefficient (Wildman–Crippen LogP) is 3.47. The van der Waals surface area contributed by atoms with Gasteiger partial charge in [0.1, 0.15) is 0 Å². The summed E-state index contributed by atoms with van der Waals surface area (Å²) in [5.74, 6) is 0.874. The highest BCUT2D eigenvalue weighted by molar-refractivity contribution is 5.78. The van der Waals surface area contributed by atoms with Gasteiger partial charge in [-0.15, -0.1) is 0 Å². The van der Waals surface area contributed by atoms with E-state index in [0.29, 0.717) is 6.54 Å². The fraction of sp³-hybridized carbons (Fsp3) is 0.650. The van der Waals surface area contributed by atoms with Crippen LogP contribution in [-0.2, 0) is 17.6 Å². The SMILES string of the molecule is CC1CCCN(CC(=O)NC(C)c2ccc3c(c2)CCCC3)C1. The van der Waals surface area contributed by atoms with Gasteiger partial charge in [-0.1, -0.05) is 25.1 Å². The van der Waals surface area contributed by atoms with Gasteiger partial charge in [-0.3, -0.25) is 9.69 Å². The summed E-state index contributed by atoms with van der Waals surface area (Å²) in [5.41, 5.74) is 4.23. The van der Waals surface area contributed by atoms with Crippen LogP contribution in [0.3, 0.4) is 0 Å². The summed E-state index contributed by atoms with van der Waals surface area (Å²) in [5, 5.41) is 3.18. The van der Waals surface area contributed by atoms with Gasteiger partial charge in [-0.2, -0.15) is 0 Å². The lowest BCUT2D eigenvalue weighted by atomic mass is 9.89. The average molecular weight is 314 g/mol. The van der Waals surface area contributed by atoms with Crippen molar-refractivity contribution in [3.05, 3.63) is 34.9 Å². The molecule has 0 saturated carbocycles. The van der Waals surface area contributed by atoms with Crippen LogP contribution in [0, 0.1) is 5.92 Å². The molecule has 126 valence electrons. The fourth-order valence-corrected chi connectivity index (χ4v) is 4.03. The summed E-state index contributed by atoms with van der Waals surface area (Å²) in [6.07, 6.45) is 7.52. The molecule has 0 aromatic heterocycles. The lowest BCUT2D eigenvalue weighted by molar-refractivity contribution is -0.123. The van der Waals surface area contributed by atoms with Crippen LogP contribution in [0.4, 0.5) is 0 Å². The molecule has 1 aliphatic heterocycles. The Morgan fingerprint density at radius 1 is 1.26 bits per heavy atom. The average Bonchev–Trinajstić information content (AvgIpc) is 2.54. The molecule has 1 amide bonds. The fourth-order valence-electron chi connectivity index (χ4n) is 4.03. The van der Waals surface area contributed by atoms with Crippen molar-refractivity contribution >= 4 is 5.91 Å². The molecule has 3 nitrogen and oxygen atoms in total. The summed E-state index contributed by atoms with van der Waals surface area (Å²) in [6.45, 7) is 7.03. The number of carbonyl (C=O) groups excluding carboxylic acids is 1. The molecule has 1 saturated heterocycles. The molecular weight excluding hydrogens is 284 g/mol. The minimum Gasteiger partial charge on any atom is -0.348 e. The Morgan fingerprint density at radius 3 is 2.83 bits per heavy atom. The number of piperidine rings is 1. The van der Waals surface area contributed by atoms with Crippen LogP contribution < -0.4 is 5.32 Å². The van der Waals surface area contributed by atoms with Gasteiger partial charge in [-0.05, 0) is 74.6 Å². The second-order valence-electron chi connectivity index (χ2n) is 7.51. The first-order chi connectivity index (χ1) is 11.1. The Hall–Kier alpha value is -1.35. The van der Waals surface area contributed by atoms with Crippen LogP contribution >= 0.6 is 0 Å². The topological polar surface area (TPSA) is 32.3 Å². The van der Waals surface area contributed by atoms with Gasteiger partial charge in [0.25, 0.3) is 0 Å². The van der Waals surface area contributed by atoms with Gasteiger partial charge in [0, 0.05) is 6.54 Å². The molecular formula is C20H30N2O. The van der Waals surface area contributed by atoms with E-state index in [4.69, 9.17) is 0 Å². The molecule has 3 rings (SSSR count). The minimum absolute atomic E-state index is 0.0944. The number of hydrogen-bond acceptors (Lipinski definition) is 2. The zero-order valence-corrected chi connectivity index (χ0v) is 14.6. The molecule has 2 unspecified atom stereocenters. The molecule has 3 heteroatoms. The lowest BCUT2D eigenvalue weighted by Gasteiger charge is -2.30. The monoisotopic (exact) mass is 314 g/mol. The van der Waals surface area contributed by atoms with Crippen molar-refractivity contribution in [3.8, 4) is 0 Å². The van der Waals surface area contributed by atoms with E-state index in [9.17, 15) is 4.79 Å². The highest BCUT2D eigenvalue weighted by atomic mass is 16.2. The molecule has 23 heavy (non-hydrogen) atoms. The first-order valence-corrected chi connectivity index (χ1v) is 9.25. The van der Waals surface area contributed by atoms with Gasteiger partial charge >= 0.3 is 0 Å². The third-order valence-corrected chi connectivity index (χ3v) is 5.36. The van der Waals surface area contributed by atoms with Crippen molar-refractivity contribution < 1.29 is 4.79 Å². The summed E-state index contributed by atoms with van der Waals surface area (Å²) in [4.78, 5) is 14.6. The zero-order valence-electron chi connectivity index (χ0n) is 14.6. The maximum atomic E-state index is 12.3. The van der Waals surface area contributed by atoms with Crippen molar-refractivity contribution in [2.45, 2.75) is 58.4 Å². The predicted molar refractivity (Wildman–Crippen MR) is 94.5 cm³/mol. The maximum absolute atomic E-state index is 12.3. The van der Waals surface area contributed by atoms with E-state index in [0.717, 1.165) is 19.0 Å². The molecule has 1 aromatic rings. The summed E-state index contributed by atoms with van der Waals surface area (Å²) >= 11 is 0. The molecule has 1 N–H and O–H groups in total. The molecule has 0 bridgehead atoms. The Kier molecular flexibility index (Phi) is 5.37. The van der Waals surface area contributed by atoms with Crippen molar-refractivity contribution in [1.29, 1.82) is 0 Å². The Morgan fingerprint density at radius 2 is 2.04 bits per heavy atom. The highest BCUT2D eigenvalue weighted by Crippen LogP contribution is 2.24. The molecule has 0 radical (unpaired) electrons. The number of amides is 1. The lowest BCUT2D eigenvalue weighted by Crippen LogP contribution is -2.42. The van der Waals surface area contributed by atoms with Crippen molar-refractivity contribution in [1.82, 2.24) is 10.2 Å². The van der Waals surface area contributed by atoms with Gasteiger partial charge in [-0.25, -0.2) is 0 Å². The number of carbonyl (C=O) groups is 1. The van der Waals surface area contributed by atoms with Crippen LogP contribution in [0.5, 0.6) is 0 Å². The standard InChI is InChI=1S/C20H30N2O/c1-15-6-5-11-22(13-15)14-20(23)21-16(2)18-10-9-17-7-3-4-8-19(17)12-18/h9-10,12,15-16H,3-8,11,13-14H2,1-2H3,(H,21,23). The molecule has 0 spiro atoms. The Bertz CT molecular complexity index is 555. The van der Waals surface area contributed by atoms with Crippen molar-refractivity contribution in [2.75, 3.05) is 19.6 Å². The number of benzene rings is 1. The van der Waals surface area contributed by atoms with Gasteiger partial charge in [0.15, 0.2) is 0 Å². The van der Waals surface area contributed by atoms with Crippen LogP contribution in [0.25, 0.3) is 0 Å². The molecule has 1 heterocycles. The van der Waals surface area contributed by atoms with E-state index in [1.165, 1.54) is 55.2 Å².